The fraction of sp³-hybridized carbons (Fsp3) is 0.600. The third-order valence-electron chi connectivity index (χ3n) is 11.2. The van der Waals surface area contributed by atoms with Gasteiger partial charge in [-0.15, -0.1) is 6.58 Å². The average molecular weight is 814 g/mol. The number of ketones is 1. The molecule has 5 aliphatic rings. The van der Waals surface area contributed by atoms with Crippen molar-refractivity contribution in [2.45, 2.75) is 133 Å². The number of nitrogens with one attached hydrogen (secondary N) is 3. The van der Waals surface area contributed by atoms with Gasteiger partial charge in [-0.25, -0.2) is 22.4 Å². The Labute approximate surface area is 332 Å². The smallest absolute Gasteiger partial charge is 0.410 e. The van der Waals surface area contributed by atoms with Gasteiger partial charge in [0.15, 0.2) is 5.78 Å². The van der Waals surface area contributed by atoms with Crippen LogP contribution < -0.4 is 15.4 Å². The molecular weight excluding hydrogens is 762 g/mol. The number of halogens is 1. The lowest BCUT2D eigenvalue weighted by molar-refractivity contribution is -0.141. The Hall–Kier alpha value is -4.80. The van der Waals surface area contributed by atoms with E-state index in [1.54, 1.807) is 32.9 Å². The Morgan fingerprint density at radius 3 is 2.42 bits per heavy atom. The number of sulfonamides is 1. The lowest BCUT2D eigenvalue weighted by Crippen LogP contribution is -2.58. The number of likely N-dealkylation sites (tertiary alicyclic amines) is 1. The zero-order chi connectivity index (χ0) is 41.3. The summed E-state index contributed by atoms with van der Waals surface area (Å²) < 4.78 is 53.2. The largest absolute Gasteiger partial charge is 0.444 e. The van der Waals surface area contributed by atoms with Gasteiger partial charge in [0.05, 0.1) is 18.3 Å². The van der Waals surface area contributed by atoms with Crippen LogP contribution in [-0.4, -0.2) is 95.0 Å². The van der Waals surface area contributed by atoms with Gasteiger partial charge in [-0.2, -0.15) is 0 Å². The van der Waals surface area contributed by atoms with E-state index in [1.165, 1.54) is 23.1 Å². The maximum absolute atomic E-state index is 14.5. The highest BCUT2D eigenvalue weighted by atomic mass is 32.2. The maximum Gasteiger partial charge on any atom is 0.410 e. The van der Waals surface area contributed by atoms with Crippen LogP contribution in [0.1, 0.15) is 96.1 Å². The van der Waals surface area contributed by atoms with Crippen LogP contribution in [0.5, 0.6) is 0 Å². The third kappa shape index (κ3) is 10.0. The highest BCUT2D eigenvalue weighted by molar-refractivity contribution is 7.91. The molecule has 3 saturated carbocycles. The number of alkyl carbamates (subject to hydrolysis) is 1. The second kappa shape index (κ2) is 16.6. The molecule has 6 rings (SSSR count). The Kier molecular flexibility index (Phi) is 12.2. The van der Waals surface area contributed by atoms with Crippen LogP contribution in [-0.2, 0) is 51.8 Å². The molecule has 17 heteroatoms. The summed E-state index contributed by atoms with van der Waals surface area (Å²) in [6.07, 6.45) is 6.54. The third-order valence-corrected chi connectivity index (χ3v) is 13.0. The summed E-state index contributed by atoms with van der Waals surface area (Å²) in [5.74, 6) is -3.56. The summed E-state index contributed by atoms with van der Waals surface area (Å²) >= 11 is 0. The highest BCUT2D eigenvalue weighted by Gasteiger charge is 2.62. The number of benzene rings is 1. The number of hydrogen-bond donors (Lipinski definition) is 3. The van der Waals surface area contributed by atoms with Crippen LogP contribution in [0.4, 0.5) is 14.0 Å². The van der Waals surface area contributed by atoms with E-state index >= 15 is 0 Å². The number of nitrogens with zero attached hydrogens (tertiary/aromatic N) is 2. The van der Waals surface area contributed by atoms with Crippen molar-refractivity contribution >= 4 is 45.7 Å². The van der Waals surface area contributed by atoms with Gasteiger partial charge in [0.1, 0.15) is 35.1 Å². The average Bonchev–Trinajstić information content (AvgIpc) is 3.92. The molecule has 3 aliphatic carbocycles. The minimum absolute atomic E-state index is 0.0461. The molecule has 15 nitrogen and oxygen atoms in total. The second-order valence-electron chi connectivity index (χ2n) is 16.8. The minimum atomic E-state index is -3.97. The molecule has 0 bridgehead atoms. The summed E-state index contributed by atoms with van der Waals surface area (Å²) in [4.78, 5) is 84.1. The molecule has 310 valence electrons. The zero-order valence-electron chi connectivity index (χ0n) is 32.6. The first-order chi connectivity index (χ1) is 26.9. The van der Waals surface area contributed by atoms with Crippen molar-refractivity contribution in [2.24, 2.45) is 11.8 Å². The molecule has 4 fully saturated rings. The number of carbonyl (C=O) groups is 6. The van der Waals surface area contributed by atoms with E-state index in [4.69, 9.17) is 9.47 Å². The molecule has 0 spiro atoms. The predicted molar refractivity (Wildman–Crippen MR) is 204 cm³/mol. The van der Waals surface area contributed by atoms with E-state index < -0.39 is 86.2 Å². The van der Waals surface area contributed by atoms with Gasteiger partial charge in [-0.3, -0.25) is 28.8 Å². The number of allylic oxidation sites excluding steroid dienone is 2. The first-order valence-electron chi connectivity index (χ1n) is 19.6. The summed E-state index contributed by atoms with van der Waals surface area (Å²) in [6, 6.07) is 1.82. The monoisotopic (exact) mass is 813 g/mol. The maximum atomic E-state index is 14.5. The van der Waals surface area contributed by atoms with Crippen molar-refractivity contribution in [2.75, 3.05) is 6.54 Å². The molecule has 57 heavy (non-hydrogen) atoms. The van der Waals surface area contributed by atoms with Crippen LogP contribution in [0.3, 0.4) is 0 Å². The molecule has 1 aromatic carbocycles. The Bertz CT molecular complexity index is 1940. The fourth-order valence-corrected chi connectivity index (χ4v) is 9.16. The minimum Gasteiger partial charge on any atom is -0.444 e. The number of hydrogen-bond acceptors (Lipinski definition) is 10. The number of ether oxygens (including phenoxy) is 2. The zero-order valence-corrected chi connectivity index (χ0v) is 33.4. The number of fused-ring (bicyclic) bond motifs is 1. The van der Waals surface area contributed by atoms with E-state index in [0.717, 1.165) is 30.6 Å². The Balaban J connectivity index is 1.22. The van der Waals surface area contributed by atoms with Gasteiger partial charge in [0, 0.05) is 30.9 Å². The van der Waals surface area contributed by atoms with Gasteiger partial charge >= 0.3 is 12.2 Å². The summed E-state index contributed by atoms with van der Waals surface area (Å²) in [6.45, 7) is 8.39. The summed E-state index contributed by atoms with van der Waals surface area (Å²) in [5, 5.41) is 4.54. The Morgan fingerprint density at radius 2 is 1.79 bits per heavy atom. The van der Waals surface area contributed by atoms with E-state index in [-0.39, 0.29) is 51.1 Å². The van der Waals surface area contributed by atoms with Crippen molar-refractivity contribution in [1.29, 1.82) is 0 Å². The summed E-state index contributed by atoms with van der Waals surface area (Å²) in [5.41, 5.74) is -1.63. The van der Waals surface area contributed by atoms with Crippen molar-refractivity contribution in [3.05, 3.63) is 60.0 Å². The standard InChI is InChI=1S/C40H52FN5O10S/c1-5-26-20-40(26,36(50)44-57(53,54)29-16-17-29)43-34(48)33-19-28(55-38(52)45-21-25-11-8-12-31(41)30(25)23-45)22-46(33)35(49)32(42-37(51)56-39(2,3)4)18-15-27(47)14-13-24-9-6-7-10-24/h5,8,11-14,24,26,28-29,32-33H,1,6-7,9-10,15-23H2,2-4H3,(H,42,51)(H,43,48)(H,44,50)/b14-13+/t26?,28-,32+,33+,40?/m1/s1. The van der Waals surface area contributed by atoms with Gasteiger partial charge < -0.3 is 25.0 Å². The number of rotatable bonds is 14. The van der Waals surface area contributed by atoms with Gasteiger partial charge in [-0.05, 0) is 82.9 Å². The van der Waals surface area contributed by atoms with Gasteiger partial charge in [0.25, 0.3) is 5.91 Å². The van der Waals surface area contributed by atoms with Crippen LogP contribution in [0.25, 0.3) is 0 Å². The van der Waals surface area contributed by atoms with Crippen LogP contribution in [0, 0.1) is 17.7 Å². The van der Waals surface area contributed by atoms with E-state index in [0.29, 0.717) is 29.9 Å². The highest BCUT2D eigenvalue weighted by Crippen LogP contribution is 2.45. The molecule has 5 amide bonds. The Morgan fingerprint density at radius 1 is 1.07 bits per heavy atom. The summed E-state index contributed by atoms with van der Waals surface area (Å²) in [7, 11) is -3.97. The van der Waals surface area contributed by atoms with Crippen molar-refractivity contribution in [1.82, 2.24) is 25.2 Å². The lowest BCUT2D eigenvalue weighted by Gasteiger charge is -2.30. The van der Waals surface area contributed by atoms with Crippen molar-refractivity contribution < 1.29 is 51.0 Å². The second-order valence-corrected chi connectivity index (χ2v) is 18.7. The molecule has 2 heterocycles. The first-order valence-corrected chi connectivity index (χ1v) is 21.2. The van der Waals surface area contributed by atoms with Crippen LogP contribution in [0.15, 0.2) is 43.0 Å². The lowest BCUT2D eigenvalue weighted by atomic mass is 10.0. The van der Waals surface area contributed by atoms with Gasteiger partial charge in [0.2, 0.25) is 21.8 Å². The quantitative estimate of drug-likeness (QED) is 0.183. The van der Waals surface area contributed by atoms with Crippen LogP contribution >= 0.6 is 0 Å². The van der Waals surface area contributed by atoms with E-state index in [2.05, 4.69) is 21.9 Å². The SMILES string of the molecule is C=CC1CC1(NC(=O)[C@@H]1C[C@@H](OC(=O)N2Cc3cccc(F)c3C2)CN1C(=O)[C@H](CCC(=O)/C=C/C1CCCC1)NC(=O)OC(C)(C)C)C(=O)NS(=O)(=O)C1CC1. The molecule has 2 unspecified atom stereocenters. The number of carbonyl (C=O) groups excluding carboxylic acids is 6. The predicted octanol–water partition coefficient (Wildman–Crippen LogP) is 3.91. The van der Waals surface area contributed by atoms with Crippen molar-refractivity contribution in [3.63, 3.8) is 0 Å². The fourth-order valence-electron chi connectivity index (χ4n) is 7.79. The topological polar surface area (TPSA) is 198 Å². The molecule has 0 aromatic heterocycles. The molecule has 2 aliphatic heterocycles. The molecule has 1 saturated heterocycles. The molecule has 1 aromatic rings. The van der Waals surface area contributed by atoms with E-state index in [1.807, 2.05) is 6.08 Å². The van der Waals surface area contributed by atoms with Crippen molar-refractivity contribution in [3.8, 4) is 0 Å². The molecule has 5 atom stereocenters. The molecular formula is C40H52FN5O10S. The normalized spacial score (nSPS) is 25.1. The number of amides is 5. The van der Waals surface area contributed by atoms with Gasteiger partial charge in [-0.1, -0.05) is 37.1 Å². The molecule has 3 N–H and O–H groups in total. The molecule has 0 radical (unpaired) electrons. The van der Waals surface area contributed by atoms with Crippen LogP contribution in [0.2, 0.25) is 0 Å². The first kappa shape index (κ1) is 41.8. The van der Waals surface area contributed by atoms with E-state index in [9.17, 15) is 41.6 Å².